The molecule has 1 fully saturated rings. The Kier molecular flexibility index (Phi) is 5.42. The third-order valence-corrected chi connectivity index (χ3v) is 4.89. The van der Waals surface area contributed by atoms with Crippen LogP contribution >= 0.6 is 0 Å². The zero-order valence-electron chi connectivity index (χ0n) is 14.1. The van der Waals surface area contributed by atoms with E-state index in [0.717, 1.165) is 25.9 Å². The molecule has 0 bridgehead atoms. The molecule has 3 nitrogen and oxygen atoms in total. The van der Waals surface area contributed by atoms with Crippen molar-refractivity contribution >= 4 is 0 Å². The number of methoxy groups -OCH3 is 1. The van der Waals surface area contributed by atoms with Gasteiger partial charge in [-0.2, -0.15) is 0 Å². The Balaban J connectivity index is 1.79. The summed E-state index contributed by atoms with van der Waals surface area (Å²) in [5.41, 5.74) is 3.83. The third-order valence-electron chi connectivity index (χ3n) is 4.89. The number of benzene rings is 1. The molecule has 3 rings (SSSR count). The molecule has 1 saturated heterocycles. The van der Waals surface area contributed by atoms with Crippen molar-refractivity contribution < 1.29 is 4.74 Å². The van der Waals surface area contributed by atoms with Gasteiger partial charge in [0.2, 0.25) is 0 Å². The largest absolute Gasteiger partial charge is 0.380 e. The predicted molar refractivity (Wildman–Crippen MR) is 93.3 cm³/mol. The minimum absolute atomic E-state index is 0.299. The van der Waals surface area contributed by atoms with Crippen LogP contribution in [0.2, 0.25) is 0 Å². The second-order valence-corrected chi connectivity index (χ2v) is 6.41. The van der Waals surface area contributed by atoms with Crippen molar-refractivity contribution in [1.82, 2.24) is 9.88 Å². The van der Waals surface area contributed by atoms with Crippen LogP contribution in [-0.4, -0.2) is 35.7 Å². The molecule has 0 N–H and O–H groups in total. The van der Waals surface area contributed by atoms with Crippen LogP contribution in [0.5, 0.6) is 0 Å². The average Bonchev–Trinajstić information content (AvgIpc) is 2.59. The van der Waals surface area contributed by atoms with Gasteiger partial charge >= 0.3 is 0 Å². The van der Waals surface area contributed by atoms with E-state index in [1.807, 2.05) is 19.4 Å². The van der Waals surface area contributed by atoms with Crippen molar-refractivity contribution in [2.75, 3.05) is 13.7 Å². The highest BCUT2D eigenvalue weighted by Crippen LogP contribution is 2.25. The van der Waals surface area contributed by atoms with Crippen LogP contribution < -0.4 is 0 Å². The number of pyridine rings is 1. The smallest absolute Gasteiger partial charge is 0.0730 e. The highest BCUT2D eigenvalue weighted by Gasteiger charge is 2.31. The molecule has 0 aliphatic carbocycles. The zero-order valence-corrected chi connectivity index (χ0v) is 14.1. The van der Waals surface area contributed by atoms with Gasteiger partial charge in [-0.3, -0.25) is 9.88 Å². The fourth-order valence-corrected chi connectivity index (χ4v) is 3.55. The third kappa shape index (κ3) is 3.98. The van der Waals surface area contributed by atoms with Gasteiger partial charge in [0.05, 0.1) is 11.8 Å². The van der Waals surface area contributed by atoms with Crippen molar-refractivity contribution in [3.63, 3.8) is 0 Å². The minimum atomic E-state index is 0.299. The summed E-state index contributed by atoms with van der Waals surface area (Å²) in [7, 11) is 1.85. The van der Waals surface area contributed by atoms with Crippen LogP contribution in [0.1, 0.15) is 29.7 Å². The van der Waals surface area contributed by atoms with E-state index in [1.54, 1.807) is 0 Å². The lowest BCUT2D eigenvalue weighted by Gasteiger charge is -2.41. The molecule has 0 radical (unpaired) electrons. The average molecular weight is 310 g/mol. The van der Waals surface area contributed by atoms with Crippen LogP contribution in [0.4, 0.5) is 0 Å². The number of hydrogen-bond donors (Lipinski definition) is 0. The molecule has 122 valence electrons. The van der Waals surface area contributed by atoms with Gasteiger partial charge in [0.25, 0.3) is 0 Å². The monoisotopic (exact) mass is 310 g/mol. The SMILES string of the molecule is CO[C@H]1CCCN(Cc2ncccc2C)[C@H]1Cc1ccccc1. The number of aryl methyl sites for hydroxylation is 1. The van der Waals surface area contributed by atoms with E-state index in [4.69, 9.17) is 4.74 Å². The molecule has 0 unspecified atom stereocenters. The number of piperidine rings is 1. The van der Waals surface area contributed by atoms with E-state index in [-0.39, 0.29) is 0 Å². The summed E-state index contributed by atoms with van der Waals surface area (Å²) in [5, 5.41) is 0. The van der Waals surface area contributed by atoms with Crippen molar-refractivity contribution in [3.8, 4) is 0 Å². The van der Waals surface area contributed by atoms with Crippen molar-refractivity contribution in [3.05, 3.63) is 65.5 Å². The fraction of sp³-hybridized carbons (Fsp3) is 0.450. The predicted octanol–water partition coefficient (Wildman–Crippen LogP) is 3.61. The first-order valence-electron chi connectivity index (χ1n) is 8.49. The molecule has 1 aromatic heterocycles. The summed E-state index contributed by atoms with van der Waals surface area (Å²) in [6.45, 7) is 4.17. The Morgan fingerprint density at radius 3 is 2.74 bits per heavy atom. The molecule has 2 aromatic rings. The van der Waals surface area contributed by atoms with Crippen molar-refractivity contribution in [2.24, 2.45) is 0 Å². The molecule has 1 aliphatic rings. The second-order valence-electron chi connectivity index (χ2n) is 6.41. The van der Waals surface area contributed by atoms with Gasteiger partial charge in [-0.25, -0.2) is 0 Å². The number of rotatable bonds is 5. The highest BCUT2D eigenvalue weighted by molar-refractivity contribution is 5.19. The maximum atomic E-state index is 5.81. The number of hydrogen-bond acceptors (Lipinski definition) is 3. The normalized spacial score (nSPS) is 22.2. The molecule has 0 spiro atoms. The standard InChI is InChI=1S/C20H26N2O/c1-16-8-6-12-21-18(16)15-22-13-7-11-20(23-2)19(22)14-17-9-4-3-5-10-17/h3-6,8-10,12,19-20H,7,11,13-15H2,1-2H3/t19-,20-/m0/s1. The van der Waals surface area contributed by atoms with Crippen LogP contribution in [0, 0.1) is 6.92 Å². The summed E-state index contributed by atoms with van der Waals surface area (Å²) in [6, 6.07) is 15.3. The molecule has 2 atom stereocenters. The first-order valence-corrected chi connectivity index (χ1v) is 8.49. The molecule has 1 aromatic carbocycles. The summed E-state index contributed by atoms with van der Waals surface area (Å²) >= 11 is 0. The molecule has 1 aliphatic heterocycles. The Morgan fingerprint density at radius 2 is 2.00 bits per heavy atom. The van der Waals surface area contributed by atoms with Crippen molar-refractivity contribution in [1.29, 1.82) is 0 Å². The molecule has 2 heterocycles. The van der Waals surface area contributed by atoms with Crippen LogP contribution in [-0.2, 0) is 17.7 Å². The van der Waals surface area contributed by atoms with Crippen LogP contribution in [0.25, 0.3) is 0 Å². The molecule has 0 saturated carbocycles. The summed E-state index contributed by atoms with van der Waals surface area (Å²) < 4.78 is 5.81. The van der Waals surface area contributed by atoms with Crippen LogP contribution in [0.15, 0.2) is 48.7 Å². The maximum Gasteiger partial charge on any atom is 0.0730 e. The zero-order chi connectivity index (χ0) is 16.1. The summed E-state index contributed by atoms with van der Waals surface area (Å²) in [6.07, 6.45) is 5.56. The fourth-order valence-electron chi connectivity index (χ4n) is 3.55. The van der Waals surface area contributed by atoms with E-state index in [1.165, 1.54) is 23.2 Å². The first kappa shape index (κ1) is 16.2. The van der Waals surface area contributed by atoms with Gasteiger partial charge in [-0.1, -0.05) is 36.4 Å². The highest BCUT2D eigenvalue weighted by atomic mass is 16.5. The number of aromatic nitrogens is 1. The molecular formula is C20H26N2O. The number of likely N-dealkylation sites (tertiary alicyclic amines) is 1. The van der Waals surface area contributed by atoms with Gasteiger partial charge in [-0.05, 0) is 49.9 Å². The summed E-state index contributed by atoms with van der Waals surface area (Å²) in [4.78, 5) is 7.14. The van der Waals surface area contributed by atoms with Gasteiger partial charge < -0.3 is 4.74 Å². The molecule has 23 heavy (non-hydrogen) atoms. The maximum absolute atomic E-state index is 5.81. The molecule has 3 heteroatoms. The van der Waals surface area contributed by atoms with Crippen LogP contribution in [0.3, 0.4) is 0 Å². The Bertz CT molecular complexity index is 614. The molecular weight excluding hydrogens is 284 g/mol. The van der Waals surface area contributed by atoms with E-state index >= 15 is 0 Å². The first-order chi connectivity index (χ1) is 11.3. The van der Waals surface area contributed by atoms with Gasteiger partial charge in [0.1, 0.15) is 0 Å². The second kappa shape index (κ2) is 7.71. The van der Waals surface area contributed by atoms with Gasteiger partial charge in [-0.15, -0.1) is 0 Å². The van der Waals surface area contributed by atoms with E-state index < -0.39 is 0 Å². The van der Waals surface area contributed by atoms with E-state index in [9.17, 15) is 0 Å². The van der Waals surface area contributed by atoms with Gasteiger partial charge in [0, 0.05) is 25.9 Å². The Labute approximate surface area is 139 Å². The lowest BCUT2D eigenvalue weighted by Crippen LogP contribution is -2.49. The number of ether oxygens (including phenoxy) is 1. The lowest BCUT2D eigenvalue weighted by molar-refractivity contribution is -0.0223. The van der Waals surface area contributed by atoms with E-state index in [2.05, 4.69) is 53.2 Å². The number of nitrogens with zero attached hydrogens (tertiary/aromatic N) is 2. The minimum Gasteiger partial charge on any atom is -0.380 e. The van der Waals surface area contributed by atoms with Gasteiger partial charge in [0.15, 0.2) is 0 Å². The van der Waals surface area contributed by atoms with E-state index in [0.29, 0.717) is 12.1 Å². The van der Waals surface area contributed by atoms with Crippen molar-refractivity contribution in [2.45, 2.75) is 44.9 Å². The summed E-state index contributed by atoms with van der Waals surface area (Å²) in [5.74, 6) is 0. The Hall–Kier alpha value is -1.71. The quantitative estimate of drug-likeness (QED) is 0.843. The Morgan fingerprint density at radius 1 is 1.17 bits per heavy atom. The lowest BCUT2D eigenvalue weighted by atomic mass is 9.92. The topological polar surface area (TPSA) is 25.4 Å². The molecule has 0 amide bonds.